The van der Waals surface area contributed by atoms with Gasteiger partial charge in [0.05, 0.1) is 42.7 Å². The smallest absolute Gasteiger partial charge is 0.0842 e. The molecule has 3 saturated heterocycles. The van der Waals surface area contributed by atoms with E-state index in [1.807, 2.05) is 0 Å². The number of rotatable bonds is 15. The number of unbranched alkanes of at least 4 members (excludes halogenated alkanes) is 1. The van der Waals surface area contributed by atoms with Crippen molar-refractivity contribution >= 4 is 26.7 Å². The van der Waals surface area contributed by atoms with Gasteiger partial charge in [-0.1, -0.05) is 39.8 Å². The second-order valence-corrected chi connectivity index (χ2v) is 13.7. The Hall–Kier alpha value is 1.67. The van der Waals surface area contributed by atoms with Gasteiger partial charge < -0.3 is 30.4 Å². The van der Waals surface area contributed by atoms with E-state index in [4.69, 9.17) is 23.5 Å². The molecular weight excluding hydrogens is 610 g/mol. The summed E-state index contributed by atoms with van der Waals surface area (Å²) in [7, 11) is 7.86. The summed E-state index contributed by atoms with van der Waals surface area (Å²) in [6.07, 6.45) is 12.1. The van der Waals surface area contributed by atoms with Crippen molar-refractivity contribution in [1.82, 2.24) is 0 Å². The fraction of sp³-hybridized carbons (Fsp3) is 0.828. The van der Waals surface area contributed by atoms with Crippen LogP contribution in [0.25, 0.3) is 0 Å². The first kappa shape index (κ1) is 35.9. The van der Waals surface area contributed by atoms with Crippen molar-refractivity contribution in [2.75, 3.05) is 13.3 Å². The van der Waals surface area contributed by atoms with Crippen LogP contribution in [0, 0.1) is 18.8 Å². The van der Waals surface area contributed by atoms with Crippen molar-refractivity contribution in [1.29, 1.82) is 0 Å². The normalized spacial score (nSPS) is 36.7. The third-order valence-corrected chi connectivity index (χ3v) is 10.4. The Morgan fingerprint density at radius 1 is 1.11 bits per heavy atom. The molecule has 0 aliphatic carbocycles. The summed E-state index contributed by atoms with van der Waals surface area (Å²) in [5.41, 5.74) is 2.44. The minimum absolute atomic E-state index is 0. The van der Waals surface area contributed by atoms with Crippen molar-refractivity contribution < 1.29 is 56.2 Å². The first-order valence-electron chi connectivity index (χ1n) is 14.3. The fourth-order valence-electron chi connectivity index (χ4n) is 6.24. The standard InChI is InChI=1S/C29H52O5P3.Y/c1-7-8-9-22-15-19(3)25(31-22)11-10-23-14-18(2)20(4)26(32-23)17-27-21(5)29(30-6)28(33-27)16-24(34-35)12-13-37-36;/h18,21-29,37H,3-5,7-17,35-36H2,1-2,6H3;/q-1;/t18-,21+,22+,23+,24-,25?,26-,27?,28-,29-;/m1./s1. The average molecular weight is 663 g/mol. The molecule has 3 rings (SSSR count). The Balaban J connectivity index is 0.00000507. The molecule has 0 aromatic rings. The van der Waals surface area contributed by atoms with Crippen LogP contribution in [0.5, 0.6) is 0 Å². The van der Waals surface area contributed by atoms with E-state index >= 15 is 0 Å². The molecule has 3 aliphatic rings. The average Bonchev–Trinajstić information content (AvgIpc) is 3.39. The van der Waals surface area contributed by atoms with Gasteiger partial charge in [-0.05, 0) is 61.8 Å². The van der Waals surface area contributed by atoms with E-state index in [9.17, 15) is 0 Å². The molecule has 0 N–H and O–H groups in total. The minimum Gasteiger partial charge on any atom is -0.381 e. The zero-order chi connectivity index (χ0) is 26.9. The van der Waals surface area contributed by atoms with Gasteiger partial charge in [0.2, 0.25) is 0 Å². The largest absolute Gasteiger partial charge is 0.381 e. The fourth-order valence-corrected chi connectivity index (χ4v) is 7.47. The molecule has 0 aromatic carbocycles. The number of ether oxygens (including phenoxy) is 4. The molecule has 217 valence electrons. The van der Waals surface area contributed by atoms with E-state index < -0.39 is 0 Å². The van der Waals surface area contributed by atoms with E-state index in [-0.39, 0.29) is 81.4 Å². The summed E-state index contributed by atoms with van der Waals surface area (Å²) >= 11 is 0. The van der Waals surface area contributed by atoms with Crippen LogP contribution in [0.2, 0.25) is 0 Å². The summed E-state index contributed by atoms with van der Waals surface area (Å²) in [6, 6.07) is 0. The Bertz CT molecular complexity index is 728. The predicted octanol–water partition coefficient (Wildman–Crippen LogP) is 7.06. The van der Waals surface area contributed by atoms with Crippen molar-refractivity contribution in [2.24, 2.45) is 11.8 Å². The number of hydrogen-bond donors (Lipinski definition) is 0. The van der Waals surface area contributed by atoms with Gasteiger partial charge in [0, 0.05) is 68.2 Å². The van der Waals surface area contributed by atoms with Crippen LogP contribution in [-0.4, -0.2) is 62.1 Å². The first-order valence-corrected chi connectivity index (χ1v) is 17.8. The van der Waals surface area contributed by atoms with Gasteiger partial charge in [-0.3, -0.25) is 0 Å². The van der Waals surface area contributed by atoms with Gasteiger partial charge >= 0.3 is 0 Å². The van der Waals surface area contributed by atoms with Gasteiger partial charge in [0.25, 0.3) is 0 Å². The van der Waals surface area contributed by atoms with Crippen molar-refractivity contribution in [2.45, 2.75) is 127 Å². The van der Waals surface area contributed by atoms with E-state index in [1.54, 1.807) is 7.11 Å². The molecule has 3 heterocycles. The third-order valence-electron chi connectivity index (χ3n) is 8.58. The van der Waals surface area contributed by atoms with E-state index in [1.165, 1.54) is 24.0 Å². The second-order valence-electron chi connectivity index (χ2n) is 11.3. The summed E-state index contributed by atoms with van der Waals surface area (Å²) in [4.78, 5) is 0. The molecule has 0 amide bonds. The van der Waals surface area contributed by atoms with Gasteiger partial charge in [-0.25, -0.2) is 0 Å². The maximum absolute atomic E-state index is 6.66. The molecule has 0 aromatic heterocycles. The van der Waals surface area contributed by atoms with Crippen LogP contribution in [0.3, 0.4) is 0 Å². The Labute approximate surface area is 264 Å². The van der Waals surface area contributed by atoms with Crippen molar-refractivity contribution in [3.8, 4) is 0 Å². The summed E-state index contributed by atoms with van der Waals surface area (Å²) in [5, 5.41) is 0. The molecule has 0 bridgehead atoms. The molecule has 13 atom stereocenters. The summed E-state index contributed by atoms with van der Waals surface area (Å²) < 4.78 is 31.1. The topological polar surface area (TPSA) is 46.2 Å². The SMILES string of the molecule is C=C1C[C@H](CCCC)OC1CC[C@H]1C[C@@H](C)C(=C)[C@@H](CC2O[C@H](C[C@@H](CCPP)OP)[C@H](OC)[C@H]2[CH2-])O1.[Y]. The van der Waals surface area contributed by atoms with Crippen LogP contribution in [0.4, 0.5) is 0 Å². The maximum atomic E-state index is 6.66. The van der Waals surface area contributed by atoms with Gasteiger partial charge in [0.1, 0.15) is 0 Å². The molecule has 5 unspecified atom stereocenters. The predicted molar refractivity (Wildman–Crippen MR) is 162 cm³/mol. The molecule has 1 radical (unpaired) electrons. The minimum atomic E-state index is -0.0395. The van der Waals surface area contributed by atoms with Gasteiger partial charge in [-0.2, -0.15) is 0 Å². The molecule has 3 fully saturated rings. The van der Waals surface area contributed by atoms with Crippen LogP contribution in [0.1, 0.15) is 78.1 Å². The first-order chi connectivity index (χ1) is 17.8. The molecule has 5 nitrogen and oxygen atoms in total. The second kappa shape index (κ2) is 18.4. The zero-order valence-corrected chi connectivity index (χ0v) is 30.1. The van der Waals surface area contributed by atoms with Gasteiger partial charge in [0.15, 0.2) is 0 Å². The molecule has 0 spiro atoms. The molecule has 38 heavy (non-hydrogen) atoms. The Morgan fingerprint density at radius 3 is 2.50 bits per heavy atom. The van der Waals surface area contributed by atoms with Crippen LogP contribution in [0.15, 0.2) is 24.3 Å². The maximum Gasteiger partial charge on any atom is 0.0842 e. The van der Waals surface area contributed by atoms with Crippen LogP contribution < -0.4 is 0 Å². The molecule has 9 heteroatoms. The quantitative estimate of drug-likeness (QED) is 0.107. The van der Waals surface area contributed by atoms with Crippen molar-refractivity contribution in [3.63, 3.8) is 0 Å². The zero-order valence-electron chi connectivity index (χ0n) is 23.9. The number of methoxy groups -OCH3 is 1. The van der Waals surface area contributed by atoms with E-state index in [0.717, 1.165) is 65.8 Å². The monoisotopic (exact) mass is 662 g/mol. The van der Waals surface area contributed by atoms with Gasteiger partial charge in [-0.15, -0.1) is 23.1 Å². The van der Waals surface area contributed by atoms with Crippen LogP contribution >= 0.6 is 26.7 Å². The Morgan fingerprint density at radius 2 is 1.84 bits per heavy atom. The van der Waals surface area contributed by atoms with Crippen LogP contribution in [-0.2, 0) is 56.2 Å². The summed E-state index contributed by atoms with van der Waals surface area (Å²) in [5.74, 6) is 0.473. The molecule has 3 aliphatic heterocycles. The molecule has 0 saturated carbocycles. The third kappa shape index (κ3) is 10.1. The van der Waals surface area contributed by atoms with E-state index in [0.29, 0.717) is 12.0 Å². The van der Waals surface area contributed by atoms with Crippen molar-refractivity contribution in [3.05, 3.63) is 31.2 Å². The Kier molecular flexibility index (Phi) is 17.3. The summed E-state index contributed by atoms with van der Waals surface area (Å²) in [6.45, 7) is 17.7. The molecular formula is C29H52O5P3Y-. The van der Waals surface area contributed by atoms with E-state index in [2.05, 4.69) is 52.3 Å². The number of hydrogen-bond acceptors (Lipinski definition) is 5.